The molecule has 150 valence electrons. The fourth-order valence-corrected chi connectivity index (χ4v) is 3.82. The van der Waals surface area contributed by atoms with Crippen LogP contribution in [0.2, 0.25) is 0 Å². The number of carbonyl (C=O) groups excluding carboxylic acids is 2. The normalized spacial score (nSPS) is 15.1. The summed E-state index contributed by atoms with van der Waals surface area (Å²) >= 11 is 0. The topological polar surface area (TPSA) is 91.6 Å². The number of rotatable bonds is 8. The number of nitrogens with one attached hydrogen (secondary N) is 1. The van der Waals surface area contributed by atoms with E-state index in [-0.39, 0.29) is 24.8 Å². The maximum absolute atomic E-state index is 12.4. The molecule has 1 heterocycles. The Morgan fingerprint density at radius 3 is 2.46 bits per heavy atom. The molecule has 7 nitrogen and oxygen atoms in total. The van der Waals surface area contributed by atoms with Gasteiger partial charge in [-0.1, -0.05) is 6.42 Å². The molecule has 0 saturated heterocycles. The third-order valence-electron chi connectivity index (χ3n) is 5.74. The second kappa shape index (κ2) is 8.04. The van der Waals surface area contributed by atoms with Crippen molar-refractivity contribution in [2.45, 2.75) is 46.1 Å². The molecule has 1 aliphatic carbocycles. The third kappa shape index (κ3) is 3.88. The van der Waals surface area contributed by atoms with Gasteiger partial charge in [-0.15, -0.1) is 0 Å². The Kier molecular flexibility index (Phi) is 5.72. The fourth-order valence-electron chi connectivity index (χ4n) is 3.82. The van der Waals surface area contributed by atoms with Crippen molar-refractivity contribution in [2.24, 2.45) is 5.41 Å². The number of carboxylic acid groups (broad SMARTS) is 1. The van der Waals surface area contributed by atoms with Gasteiger partial charge in [-0.05, 0) is 51.0 Å². The number of likely N-dealkylation sites (N-methyl/N-ethyl adjacent to an activating group) is 1. The van der Waals surface area contributed by atoms with Crippen LogP contribution >= 0.6 is 0 Å². The number of amides is 2. The summed E-state index contributed by atoms with van der Waals surface area (Å²) in [6.07, 6.45) is 3.83. The Morgan fingerprint density at radius 1 is 1.18 bits per heavy atom. The van der Waals surface area contributed by atoms with Crippen LogP contribution in [-0.4, -0.2) is 45.4 Å². The highest BCUT2D eigenvalue weighted by Gasteiger charge is 2.45. The largest absolute Gasteiger partial charge is 0.481 e. The Labute approximate surface area is 164 Å². The Hall–Kier alpha value is -2.83. The van der Waals surface area contributed by atoms with Crippen LogP contribution in [0, 0.1) is 5.41 Å². The summed E-state index contributed by atoms with van der Waals surface area (Å²) < 4.78 is 1.90. The number of nitrogens with zero attached hydrogens (tertiary/aromatic N) is 2. The minimum absolute atomic E-state index is 0.000244. The SMILES string of the molecule is CCN(CC)C(=O)Cn1ccc2cc(NC(=O)CC3(C(=O)O)CCC3)ccc21. The van der Waals surface area contributed by atoms with Crippen LogP contribution in [-0.2, 0) is 20.9 Å². The molecule has 1 aliphatic rings. The molecule has 7 heteroatoms. The zero-order chi connectivity index (χ0) is 20.3. The van der Waals surface area contributed by atoms with E-state index in [1.165, 1.54) is 0 Å². The van der Waals surface area contributed by atoms with Crippen LogP contribution in [0.3, 0.4) is 0 Å². The monoisotopic (exact) mass is 385 g/mol. The first-order valence-electron chi connectivity index (χ1n) is 9.78. The molecule has 2 amide bonds. The summed E-state index contributed by atoms with van der Waals surface area (Å²) in [5.41, 5.74) is 0.646. The summed E-state index contributed by atoms with van der Waals surface area (Å²) in [6, 6.07) is 7.41. The molecule has 1 aromatic carbocycles. The molecule has 0 radical (unpaired) electrons. The zero-order valence-electron chi connectivity index (χ0n) is 16.4. The van der Waals surface area contributed by atoms with E-state index in [1.807, 2.05) is 42.8 Å². The summed E-state index contributed by atoms with van der Waals surface area (Å²) in [6.45, 7) is 5.56. The maximum atomic E-state index is 12.4. The third-order valence-corrected chi connectivity index (χ3v) is 5.74. The zero-order valence-corrected chi connectivity index (χ0v) is 16.4. The van der Waals surface area contributed by atoms with Crippen LogP contribution in [0.4, 0.5) is 5.69 Å². The summed E-state index contributed by atoms with van der Waals surface area (Å²) in [4.78, 5) is 37.9. The molecule has 2 aromatic rings. The average Bonchev–Trinajstić information content (AvgIpc) is 3.01. The molecular weight excluding hydrogens is 358 g/mol. The van der Waals surface area contributed by atoms with Crippen LogP contribution in [0.1, 0.15) is 39.5 Å². The molecule has 0 aliphatic heterocycles. The van der Waals surface area contributed by atoms with Crippen molar-refractivity contribution in [1.29, 1.82) is 0 Å². The standard InChI is InChI=1S/C21H27N3O4/c1-3-23(4-2)19(26)14-24-11-8-15-12-16(6-7-17(15)24)22-18(25)13-21(20(27)28)9-5-10-21/h6-8,11-12H,3-5,9-10,13-14H2,1-2H3,(H,22,25)(H,27,28). The molecule has 2 N–H and O–H groups in total. The van der Waals surface area contributed by atoms with Crippen LogP contribution in [0.5, 0.6) is 0 Å². The van der Waals surface area contributed by atoms with Gasteiger partial charge in [0.1, 0.15) is 6.54 Å². The lowest BCUT2D eigenvalue weighted by Gasteiger charge is -2.36. The van der Waals surface area contributed by atoms with E-state index < -0.39 is 11.4 Å². The minimum Gasteiger partial charge on any atom is -0.481 e. The predicted octanol–water partition coefficient (Wildman–Crippen LogP) is 3.09. The first-order valence-corrected chi connectivity index (χ1v) is 9.78. The smallest absolute Gasteiger partial charge is 0.310 e. The molecule has 1 saturated carbocycles. The van der Waals surface area contributed by atoms with Gasteiger partial charge in [0.25, 0.3) is 0 Å². The van der Waals surface area contributed by atoms with Crippen LogP contribution in [0.25, 0.3) is 10.9 Å². The quantitative estimate of drug-likeness (QED) is 0.730. The van der Waals surface area contributed by atoms with Crippen molar-refractivity contribution in [3.8, 4) is 0 Å². The number of hydrogen-bond donors (Lipinski definition) is 2. The number of hydrogen-bond acceptors (Lipinski definition) is 3. The molecule has 0 spiro atoms. The number of aromatic nitrogens is 1. The lowest BCUT2D eigenvalue weighted by atomic mass is 9.66. The highest BCUT2D eigenvalue weighted by Crippen LogP contribution is 2.44. The highest BCUT2D eigenvalue weighted by atomic mass is 16.4. The van der Waals surface area contributed by atoms with Crippen molar-refractivity contribution in [1.82, 2.24) is 9.47 Å². The molecule has 0 bridgehead atoms. The number of anilines is 1. The van der Waals surface area contributed by atoms with Crippen molar-refractivity contribution in [3.63, 3.8) is 0 Å². The second-order valence-electron chi connectivity index (χ2n) is 7.45. The Balaban J connectivity index is 1.69. The van der Waals surface area contributed by atoms with E-state index in [1.54, 1.807) is 11.0 Å². The predicted molar refractivity (Wildman–Crippen MR) is 107 cm³/mol. The van der Waals surface area contributed by atoms with Crippen molar-refractivity contribution >= 4 is 34.4 Å². The van der Waals surface area contributed by atoms with Gasteiger partial charge in [-0.25, -0.2) is 0 Å². The van der Waals surface area contributed by atoms with Gasteiger partial charge in [0.2, 0.25) is 11.8 Å². The number of benzene rings is 1. The van der Waals surface area contributed by atoms with E-state index in [9.17, 15) is 19.5 Å². The molecule has 0 atom stereocenters. The molecule has 1 fully saturated rings. The van der Waals surface area contributed by atoms with Gasteiger partial charge in [0, 0.05) is 42.3 Å². The first kappa shape index (κ1) is 19.9. The number of carboxylic acids is 1. The van der Waals surface area contributed by atoms with Gasteiger partial charge in [-0.3, -0.25) is 14.4 Å². The molecule has 28 heavy (non-hydrogen) atoms. The number of aliphatic carboxylic acids is 1. The van der Waals surface area contributed by atoms with E-state index in [0.29, 0.717) is 31.6 Å². The maximum Gasteiger partial charge on any atom is 0.310 e. The molecule has 3 rings (SSSR count). The van der Waals surface area contributed by atoms with Crippen molar-refractivity contribution in [3.05, 3.63) is 30.5 Å². The van der Waals surface area contributed by atoms with E-state index >= 15 is 0 Å². The summed E-state index contributed by atoms with van der Waals surface area (Å²) in [5, 5.41) is 13.1. The van der Waals surface area contributed by atoms with Gasteiger partial charge in [-0.2, -0.15) is 0 Å². The Morgan fingerprint density at radius 2 is 1.89 bits per heavy atom. The van der Waals surface area contributed by atoms with Gasteiger partial charge < -0.3 is 19.9 Å². The fraction of sp³-hybridized carbons (Fsp3) is 0.476. The van der Waals surface area contributed by atoms with Gasteiger partial charge in [0.05, 0.1) is 5.41 Å². The highest BCUT2D eigenvalue weighted by molar-refractivity contribution is 5.96. The van der Waals surface area contributed by atoms with Crippen LogP contribution < -0.4 is 5.32 Å². The first-order chi connectivity index (χ1) is 13.4. The van der Waals surface area contributed by atoms with Crippen molar-refractivity contribution < 1.29 is 19.5 Å². The number of carbonyl (C=O) groups is 3. The average molecular weight is 385 g/mol. The van der Waals surface area contributed by atoms with Gasteiger partial charge in [0.15, 0.2) is 0 Å². The van der Waals surface area contributed by atoms with E-state index in [4.69, 9.17) is 0 Å². The summed E-state index contributed by atoms with van der Waals surface area (Å²) in [7, 11) is 0. The van der Waals surface area contributed by atoms with Gasteiger partial charge >= 0.3 is 5.97 Å². The molecule has 1 aromatic heterocycles. The lowest BCUT2D eigenvalue weighted by molar-refractivity contribution is -0.157. The Bertz CT molecular complexity index is 894. The molecular formula is C21H27N3O4. The minimum atomic E-state index is -0.900. The van der Waals surface area contributed by atoms with E-state index in [2.05, 4.69) is 5.32 Å². The lowest BCUT2D eigenvalue weighted by Crippen LogP contribution is -2.41. The number of fused-ring (bicyclic) bond motifs is 1. The summed E-state index contributed by atoms with van der Waals surface area (Å²) in [5.74, 6) is -1.10. The van der Waals surface area contributed by atoms with Crippen LogP contribution in [0.15, 0.2) is 30.5 Å². The second-order valence-corrected chi connectivity index (χ2v) is 7.45. The molecule has 0 unspecified atom stereocenters. The van der Waals surface area contributed by atoms with Crippen molar-refractivity contribution in [2.75, 3.05) is 18.4 Å². The van der Waals surface area contributed by atoms with E-state index in [0.717, 1.165) is 17.3 Å².